The molecule has 30 heavy (non-hydrogen) atoms. The maximum absolute atomic E-state index is 12.2. The van der Waals surface area contributed by atoms with Gasteiger partial charge in [0.15, 0.2) is 22.9 Å². The number of nitrogens with zero attached hydrogens (tertiary/aromatic N) is 4. The van der Waals surface area contributed by atoms with E-state index >= 15 is 0 Å². The fourth-order valence-corrected chi connectivity index (χ4v) is 3.74. The van der Waals surface area contributed by atoms with E-state index in [2.05, 4.69) is 46.7 Å². The molecule has 0 radical (unpaired) electrons. The van der Waals surface area contributed by atoms with Crippen LogP contribution in [0, 0.1) is 6.92 Å². The average molecular weight is 430 g/mol. The SMILES string of the molecule is CCn1c(SCC(=O)Nc2cc(C)on2)nnc1C(C)Oc1ccc(C(C)C)cc1. The minimum Gasteiger partial charge on any atom is -0.483 e. The number of thioether (sulfide) groups is 1. The lowest BCUT2D eigenvalue weighted by atomic mass is 10.0. The predicted molar refractivity (Wildman–Crippen MR) is 116 cm³/mol. The first-order valence-corrected chi connectivity index (χ1v) is 10.9. The van der Waals surface area contributed by atoms with Crippen molar-refractivity contribution in [3.05, 3.63) is 47.5 Å². The summed E-state index contributed by atoms with van der Waals surface area (Å²) in [4.78, 5) is 12.2. The van der Waals surface area contributed by atoms with Gasteiger partial charge in [0, 0.05) is 12.6 Å². The van der Waals surface area contributed by atoms with Crippen molar-refractivity contribution < 1.29 is 14.1 Å². The van der Waals surface area contributed by atoms with Gasteiger partial charge in [-0.25, -0.2) is 0 Å². The third-order valence-corrected chi connectivity index (χ3v) is 5.48. The number of aromatic nitrogens is 4. The maximum Gasteiger partial charge on any atom is 0.236 e. The normalized spacial score (nSPS) is 12.2. The number of ether oxygens (including phenoxy) is 1. The molecule has 0 fully saturated rings. The molecule has 3 aromatic rings. The highest BCUT2D eigenvalue weighted by Crippen LogP contribution is 2.26. The molecule has 9 heteroatoms. The minimum absolute atomic E-state index is 0.185. The van der Waals surface area contributed by atoms with E-state index in [1.165, 1.54) is 17.3 Å². The number of nitrogens with one attached hydrogen (secondary N) is 1. The van der Waals surface area contributed by atoms with Crippen molar-refractivity contribution in [3.63, 3.8) is 0 Å². The van der Waals surface area contributed by atoms with E-state index in [9.17, 15) is 4.79 Å². The number of anilines is 1. The predicted octanol–water partition coefficient (Wildman–Crippen LogP) is 4.59. The maximum atomic E-state index is 12.2. The lowest BCUT2D eigenvalue weighted by Gasteiger charge is -2.16. The largest absolute Gasteiger partial charge is 0.483 e. The molecule has 1 N–H and O–H groups in total. The van der Waals surface area contributed by atoms with Crippen molar-refractivity contribution >= 4 is 23.5 Å². The standard InChI is InChI=1S/C21H27N5O3S/c1-6-26-20(15(5)28-17-9-7-16(8-10-17)13(2)3)23-24-21(26)30-12-19(27)22-18-11-14(4)29-25-18/h7-11,13,15H,6,12H2,1-5H3,(H,22,25,27). The van der Waals surface area contributed by atoms with Gasteiger partial charge in [-0.1, -0.05) is 42.9 Å². The van der Waals surface area contributed by atoms with Crippen LogP contribution in [-0.2, 0) is 11.3 Å². The molecular weight excluding hydrogens is 402 g/mol. The second-order valence-electron chi connectivity index (χ2n) is 7.23. The number of amides is 1. The zero-order chi connectivity index (χ0) is 21.7. The lowest BCUT2D eigenvalue weighted by Crippen LogP contribution is -2.15. The van der Waals surface area contributed by atoms with Gasteiger partial charge >= 0.3 is 0 Å². The number of carbonyl (C=O) groups is 1. The van der Waals surface area contributed by atoms with Crippen LogP contribution in [0.3, 0.4) is 0 Å². The second-order valence-corrected chi connectivity index (χ2v) is 8.17. The Morgan fingerprint density at radius 1 is 1.23 bits per heavy atom. The zero-order valence-electron chi connectivity index (χ0n) is 17.9. The molecule has 0 bridgehead atoms. The third kappa shape index (κ3) is 5.41. The Kier molecular flexibility index (Phi) is 7.15. The number of hydrogen-bond donors (Lipinski definition) is 1. The second kappa shape index (κ2) is 9.80. The van der Waals surface area contributed by atoms with E-state index in [-0.39, 0.29) is 17.8 Å². The molecule has 3 rings (SSSR count). The highest BCUT2D eigenvalue weighted by Gasteiger charge is 2.20. The summed E-state index contributed by atoms with van der Waals surface area (Å²) < 4.78 is 13.0. The van der Waals surface area contributed by atoms with E-state index in [0.29, 0.717) is 29.2 Å². The van der Waals surface area contributed by atoms with Crippen LogP contribution in [-0.4, -0.2) is 31.6 Å². The number of hydrogen-bond acceptors (Lipinski definition) is 7. The molecule has 1 atom stereocenters. The van der Waals surface area contributed by atoms with Crippen LogP contribution in [0.4, 0.5) is 5.82 Å². The summed E-state index contributed by atoms with van der Waals surface area (Å²) in [5.41, 5.74) is 1.27. The Bertz CT molecular complexity index is 981. The summed E-state index contributed by atoms with van der Waals surface area (Å²) in [5, 5.41) is 15.7. The third-order valence-electron chi connectivity index (χ3n) is 4.51. The van der Waals surface area contributed by atoms with Crippen LogP contribution >= 0.6 is 11.8 Å². The lowest BCUT2D eigenvalue weighted by molar-refractivity contribution is -0.113. The van der Waals surface area contributed by atoms with Gasteiger partial charge in [-0.3, -0.25) is 4.79 Å². The van der Waals surface area contributed by atoms with Gasteiger partial charge < -0.3 is 19.1 Å². The van der Waals surface area contributed by atoms with Gasteiger partial charge in [-0.2, -0.15) is 0 Å². The molecule has 0 aliphatic carbocycles. The van der Waals surface area contributed by atoms with Gasteiger partial charge in [0.25, 0.3) is 0 Å². The van der Waals surface area contributed by atoms with Crippen molar-refractivity contribution in [1.82, 2.24) is 19.9 Å². The van der Waals surface area contributed by atoms with Crippen LogP contribution in [0.25, 0.3) is 0 Å². The number of rotatable bonds is 9. The first-order chi connectivity index (χ1) is 14.4. The first kappa shape index (κ1) is 21.9. The van der Waals surface area contributed by atoms with E-state index in [0.717, 1.165) is 11.6 Å². The van der Waals surface area contributed by atoms with Gasteiger partial charge in [-0.15, -0.1) is 10.2 Å². The molecule has 1 aromatic carbocycles. The molecule has 8 nitrogen and oxygen atoms in total. The van der Waals surface area contributed by atoms with Crippen LogP contribution in [0.15, 0.2) is 40.0 Å². The number of carbonyl (C=O) groups excluding carboxylic acids is 1. The Hall–Kier alpha value is -2.81. The van der Waals surface area contributed by atoms with Crippen LogP contribution < -0.4 is 10.1 Å². The van der Waals surface area contributed by atoms with Crippen LogP contribution in [0.2, 0.25) is 0 Å². The van der Waals surface area contributed by atoms with E-state index in [1.807, 2.05) is 30.5 Å². The van der Waals surface area contributed by atoms with E-state index in [1.54, 1.807) is 13.0 Å². The van der Waals surface area contributed by atoms with Crippen molar-refractivity contribution in [3.8, 4) is 5.75 Å². The van der Waals surface area contributed by atoms with E-state index in [4.69, 9.17) is 9.26 Å². The summed E-state index contributed by atoms with van der Waals surface area (Å²) in [7, 11) is 0. The Balaban J connectivity index is 1.61. The van der Waals surface area contributed by atoms with Gasteiger partial charge in [0.05, 0.1) is 5.75 Å². The molecule has 0 aliphatic heterocycles. The zero-order valence-corrected chi connectivity index (χ0v) is 18.7. The molecule has 1 amide bonds. The highest BCUT2D eigenvalue weighted by atomic mass is 32.2. The minimum atomic E-state index is -0.274. The fraction of sp³-hybridized carbons (Fsp3) is 0.429. The summed E-state index contributed by atoms with van der Waals surface area (Å²) in [6.45, 7) is 10.7. The average Bonchev–Trinajstić information content (AvgIpc) is 3.32. The monoisotopic (exact) mass is 429 g/mol. The van der Waals surface area contributed by atoms with Crippen molar-refractivity contribution in [2.24, 2.45) is 0 Å². The van der Waals surface area contributed by atoms with Crippen molar-refractivity contribution in [2.75, 3.05) is 11.1 Å². The number of benzene rings is 1. The molecule has 2 heterocycles. The molecule has 0 aliphatic rings. The van der Waals surface area contributed by atoms with Gasteiger partial charge in [0.2, 0.25) is 5.91 Å². The molecule has 0 saturated carbocycles. The summed E-state index contributed by atoms with van der Waals surface area (Å²) >= 11 is 1.32. The Morgan fingerprint density at radius 3 is 2.57 bits per heavy atom. The first-order valence-electron chi connectivity index (χ1n) is 9.93. The summed E-state index contributed by atoms with van der Waals surface area (Å²) in [6.07, 6.45) is -0.274. The number of aryl methyl sites for hydroxylation is 1. The Labute approximate surface area is 180 Å². The van der Waals surface area contributed by atoms with E-state index < -0.39 is 0 Å². The van der Waals surface area contributed by atoms with Crippen LogP contribution in [0.5, 0.6) is 5.75 Å². The van der Waals surface area contributed by atoms with Gasteiger partial charge in [-0.05, 0) is 44.4 Å². The topological polar surface area (TPSA) is 95.1 Å². The molecule has 0 saturated heterocycles. The molecule has 1 unspecified atom stereocenters. The summed E-state index contributed by atoms with van der Waals surface area (Å²) in [6, 6.07) is 9.77. The molecular formula is C21H27N5O3S. The summed E-state index contributed by atoms with van der Waals surface area (Å²) in [5.74, 6) is 3.03. The molecule has 2 aromatic heterocycles. The van der Waals surface area contributed by atoms with Crippen molar-refractivity contribution in [1.29, 1.82) is 0 Å². The molecule has 0 spiro atoms. The Morgan fingerprint density at radius 2 is 1.97 bits per heavy atom. The quantitative estimate of drug-likeness (QED) is 0.497. The van der Waals surface area contributed by atoms with Crippen molar-refractivity contribution in [2.45, 2.75) is 58.3 Å². The highest BCUT2D eigenvalue weighted by molar-refractivity contribution is 7.99. The van der Waals surface area contributed by atoms with Gasteiger partial charge in [0.1, 0.15) is 11.5 Å². The fourth-order valence-electron chi connectivity index (χ4n) is 2.93. The smallest absolute Gasteiger partial charge is 0.236 e. The van der Waals surface area contributed by atoms with Crippen LogP contribution in [0.1, 0.15) is 56.9 Å². The molecule has 160 valence electrons.